The number of hydrogen-bond donors (Lipinski definition) is 3. The van der Waals surface area contributed by atoms with Crippen LogP contribution in [0.4, 0.5) is 0 Å². The average Bonchev–Trinajstić information content (AvgIpc) is 2.90. The van der Waals surface area contributed by atoms with Gasteiger partial charge in [-0.3, -0.25) is 0 Å². The molecule has 0 amide bonds. The summed E-state index contributed by atoms with van der Waals surface area (Å²) in [5.74, 6) is -2.04. The van der Waals surface area contributed by atoms with Crippen LogP contribution in [0.25, 0.3) is 0 Å². The first-order valence-corrected chi connectivity index (χ1v) is 8.10. The van der Waals surface area contributed by atoms with E-state index in [0.29, 0.717) is 18.4 Å². The number of aliphatic hydroxyl groups is 1. The lowest BCUT2D eigenvalue weighted by molar-refractivity contribution is -0.156. The number of aromatic carboxylic acids is 2. The van der Waals surface area contributed by atoms with Gasteiger partial charge in [0.1, 0.15) is 16.9 Å². The van der Waals surface area contributed by atoms with E-state index in [1.54, 1.807) is 0 Å². The highest BCUT2D eigenvalue weighted by Crippen LogP contribution is 2.56. The molecule has 3 N–H and O–H groups in total. The highest BCUT2D eigenvalue weighted by Gasteiger charge is 2.60. The molecule has 0 bridgehead atoms. The van der Waals surface area contributed by atoms with Crippen molar-refractivity contribution in [3.05, 3.63) is 28.8 Å². The van der Waals surface area contributed by atoms with E-state index in [9.17, 15) is 24.9 Å². The quantitative estimate of drug-likeness (QED) is 0.768. The maximum Gasteiger partial charge on any atom is 0.339 e. The summed E-state index contributed by atoms with van der Waals surface area (Å²) in [5, 5.41) is 29.2. The highest BCUT2D eigenvalue weighted by molar-refractivity contribution is 5.97. The van der Waals surface area contributed by atoms with Gasteiger partial charge < -0.3 is 20.1 Å². The molecule has 1 aromatic rings. The summed E-state index contributed by atoms with van der Waals surface area (Å²) in [4.78, 5) is 22.9. The minimum absolute atomic E-state index is 0.0615. The number of hydrogen-bond acceptors (Lipinski definition) is 4. The Bertz CT molecular complexity index is 722. The molecule has 1 saturated carbocycles. The van der Waals surface area contributed by atoms with Crippen LogP contribution in [-0.4, -0.2) is 39.0 Å². The number of fused-ring (bicyclic) bond motifs is 1. The van der Waals surface area contributed by atoms with Gasteiger partial charge in [-0.15, -0.1) is 0 Å². The summed E-state index contributed by atoms with van der Waals surface area (Å²) in [6, 6.07) is 2.63. The third kappa shape index (κ3) is 2.13. The lowest BCUT2D eigenvalue weighted by atomic mass is 9.58. The third-order valence-electron chi connectivity index (χ3n) is 5.97. The third-order valence-corrected chi connectivity index (χ3v) is 5.97. The number of aliphatic hydroxyl groups excluding tert-OH is 1. The van der Waals surface area contributed by atoms with E-state index in [0.717, 1.165) is 12.5 Å². The van der Waals surface area contributed by atoms with Crippen LogP contribution in [-0.2, 0) is 6.42 Å². The molecule has 1 aromatic carbocycles. The van der Waals surface area contributed by atoms with Crippen LogP contribution >= 0.6 is 0 Å². The van der Waals surface area contributed by atoms with Crippen LogP contribution < -0.4 is 4.74 Å². The molecule has 2 aliphatic rings. The van der Waals surface area contributed by atoms with Gasteiger partial charge in [0.15, 0.2) is 0 Å². The van der Waals surface area contributed by atoms with Crippen molar-refractivity contribution in [3.8, 4) is 5.75 Å². The van der Waals surface area contributed by atoms with Crippen molar-refractivity contribution in [2.45, 2.75) is 51.7 Å². The first-order valence-electron chi connectivity index (χ1n) is 8.10. The Morgan fingerprint density at radius 3 is 2.42 bits per heavy atom. The molecule has 6 heteroatoms. The van der Waals surface area contributed by atoms with E-state index in [-0.39, 0.29) is 22.8 Å². The first-order chi connectivity index (χ1) is 11.1. The molecule has 0 aromatic heterocycles. The van der Waals surface area contributed by atoms with Crippen molar-refractivity contribution in [2.24, 2.45) is 11.3 Å². The fraction of sp³-hybridized carbons (Fsp3) is 0.556. The molecule has 1 aliphatic carbocycles. The molecular formula is C18H22O6. The van der Waals surface area contributed by atoms with Crippen LogP contribution in [0.3, 0.4) is 0 Å². The summed E-state index contributed by atoms with van der Waals surface area (Å²) in [6.07, 6.45) is 1.28. The van der Waals surface area contributed by atoms with Gasteiger partial charge in [0.05, 0.1) is 11.7 Å². The van der Waals surface area contributed by atoms with Crippen molar-refractivity contribution >= 4 is 11.9 Å². The summed E-state index contributed by atoms with van der Waals surface area (Å²) in [6.45, 7) is 5.90. The van der Waals surface area contributed by atoms with Crippen molar-refractivity contribution in [2.75, 3.05) is 0 Å². The molecule has 1 fully saturated rings. The molecule has 3 atom stereocenters. The molecule has 130 valence electrons. The zero-order valence-corrected chi connectivity index (χ0v) is 14.0. The number of ether oxygens (including phenoxy) is 1. The average molecular weight is 334 g/mol. The zero-order chi connectivity index (χ0) is 17.9. The molecule has 1 heterocycles. The lowest BCUT2D eigenvalue weighted by Gasteiger charge is -2.53. The maximum absolute atomic E-state index is 11.6. The maximum atomic E-state index is 11.6. The van der Waals surface area contributed by atoms with E-state index < -0.39 is 29.1 Å². The monoisotopic (exact) mass is 334 g/mol. The summed E-state index contributed by atoms with van der Waals surface area (Å²) < 4.78 is 6.23. The number of carboxylic acids is 2. The number of benzene rings is 1. The Hall–Kier alpha value is -2.08. The lowest BCUT2D eigenvalue weighted by Crippen LogP contribution is -2.61. The van der Waals surface area contributed by atoms with Gasteiger partial charge in [0.25, 0.3) is 0 Å². The highest BCUT2D eigenvalue weighted by atomic mass is 16.5. The minimum Gasteiger partial charge on any atom is -0.485 e. The summed E-state index contributed by atoms with van der Waals surface area (Å²) >= 11 is 0. The predicted octanol–water partition coefficient (Wildman–Crippen LogP) is 2.57. The summed E-state index contributed by atoms with van der Waals surface area (Å²) in [5.41, 5.74) is -0.934. The van der Waals surface area contributed by atoms with Crippen molar-refractivity contribution in [1.29, 1.82) is 0 Å². The molecule has 24 heavy (non-hydrogen) atoms. The Labute approximate surface area is 140 Å². The molecule has 0 radical (unpaired) electrons. The smallest absolute Gasteiger partial charge is 0.339 e. The van der Waals surface area contributed by atoms with Crippen molar-refractivity contribution in [1.82, 2.24) is 0 Å². The molecule has 3 rings (SSSR count). The zero-order valence-electron chi connectivity index (χ0n) is 14.0. The fourth-order valence-corrected chi connectivity index (χ4v) is 4.28. The molecule has 1 spiro atoms. The van der Waals surface area contributed by atoms with E-state index in [1.807, 2.05) is 20.8 Å². The van der Waals surface area contributed by atoms with Crippen molar-refractivity contribution in [3.63, 3.8) is 0 Å². The van der Waals surface area contributed by atoms with Gasteiger partial charge in [-0.1, -0.05) is 20.8 Å². The van der Waals surface area contributed by atoms with Crippen LogP contribution in [0.15, 0.2) is 12.1 Å². The van der Waals surface area contributed by atoms with Crippen molar-refractivity contribution < 1.29 is 29.6 Å². The Morgan fingerprint density at radius 1 is 1.17 bits per heavy atom. The van der Waals surface area contributed by atoms with Crippen LogP contribution in [0, 0.1) is 11.3 Å². The van der Waals surface area contributed by atoms with Gasteiger partial charge in [0.2, 0.25) is 0 Å². The molecular weight excluding hydrogens is 312 g/mol. The predicted molar refractivity (Wildman–Crippen MR) is 85.6 cm³/mol. The van der Waals surface area contributed by atoms with E-state index in [2.05, 4.69) is 0 Å². The van der Waals surface area contributed by atoms with E-state index in [4.69, 9.17) is 4.74 Å². The fourth-order valence-electron chi connectivity index (χ4n) is 4.28. The molecule has 1 aliphatic heterocycles. The SMILES string of the molecule is C[C@@H]1CC[C@H](O)C(C)(C)[C@]12Cc1cc(C(=O)O)cc(C(=O)O)c1O2. The first kappa shape index (κ1) is 16.8. The van der Waals surface area contributed by atoms with Gasteiger partial charge in [-0.25, -0.2) is 9.59 Å². The number of carbonyl (C=O) groups is 2. The largest absolute Gasteiger partial charge is 0.485 e. The molecule has 6 nitrogen and oxygen atoms in total. The molecule has 0 saturated heterocycles. The second kappa shape index (κ2) is 5.21. The number of rotatable bonds is 2. The Balaban J connectivity index is 2.16. The molecule has 0 unspecified atom stereocenters. The second-order valence-corrected chi connectivity index (χ2v) is 7.51. The second-order valence-electron chi connectivity index (χ2n) is 7.51. The van der Waals surface area contributed by atoms with Crippen LogP contribution in [0.1, 0.15) is 59.9 Å². The van der Waals surface area contributed by atoms with E-state index in [1.165, 1.54) is 6.07 Å². The van der Waals surface area contributed by atoms with E-state index >= 15 is 0 Å². The number of carboxylic acid groups (broad SMARTS) is 2. The van der Waals surface area contributed by atoms with Gasteiger partial charge in [-0.05, 0) is 36.5 Å². The standard InChI is InChI=1S/C18H22O6/c1-9-4-5-13(19)17(2,3)18(9)8-11-6-10(15(20)21)7-12(16(22)23)14(11)24-18/h6-7,9,13,19H,4-5,8H2,1-3H3,(H,20,21)(H,22,23)/t9-,13+,18+/m1/s1. The Kier molecular flexibility index (Phi) is 3.64. The Morgan fingerprint density at radius 2 is 1.83 bits per heavy atom. The van der Waals surface area contributed by atoms with Crippen LogP contribution in [0.5, 0.6) is 5.75 Å². The topological polar surface area (TPSA) is 104 Å². The van der Waals surface area contributed by atoms with Gasteiger partial charge >= 0.3 is 11.9 Å². The summed E-state index contributed by atoms with van der Waals surface area (Å²) in [7, 11) is 0. The van der Waals surface area contributed by atoms with Gasteiger partial charge in [0, 0.05) is 11.8 Å². The normalized spacial score (nSPS) is 30.7. The minimum atomic E-state index is -1.21. The van der Waals surface area contributed by atoms with Crippen LogP contribution in [0.2, 0.25) is 0 Å². The van der Waals surface area contributed by atoms with Gasteiger partial charge in [-0.2, -0.15) is 0 Å².